The minimum absolute atomic E-state index is 0.828. The first-order valence-electron chi connectivity index (χ1n) is 6.29. The van der Waals surface area contributed by atoms with Crippen LogP contribution in [0.2, 0.25) is 0 Å². The molecule has 2 heteroatoms. The summed E-state index contributed by atoms with van der Waals surface area (Å²) in [6.07, 6.45) is 4.93. The van der Waals surface area contributed by atoms with Crippen molar-refractivity contribution in [2.75, 3.05) is 26.4 Å². The summed E-state index contributed by atoms with van der Waals surface area (Å²) in [6.45, 7) is 4.15. The third kappa shape index (κ3) is 3.95. The molecule has 1 heterocycles. The Kier molecular flexibility index (Phi) is 4.84. The van der Waals surface area contributed by atoms with Gasteiger partial charge in [0.2, 0.25) is 0 Å². The summed E-state index contributed by atoms with van der Waals surface area (Å²) in [7, 11) is 0. The van der Waals surface area contributed by atoms with Crippen molar-refractivity contribution in [1.29, 1.82) is 0 Å². The van der Waals surface area contributed by atoms with Gasteiger partial charge < -0.3 is 4.74 Å². The third-order valence-electron chi connectivity index (χ3n) is 3.07. The third-order valence-corrected chi connectivity index (χ3v) is 3.07. The van der Waals surface area contributed by atoms with Gasteiger partial charge in [-0.3, -0.25) is 4.90 Å². The average molecular weight is 219 g/mol. The van der Waals surface area contributed by atoms with Gasteiger partial charge >= 0.3 is 0 Å². The maximum atomic E-state index is 5.67. The first-order valence-corrected chi connectivity index (χ1v) is 6.29. The molecular weight excluding hydrogens is 198 g/mol. The van der Waals surface area contributed by atoms with Crippen LogP contribution in [0, 0.1) is 0 Å². The van der Waals surface area contributed by atoms with E-state index in [4.69, 9.17) is 4.74 Å². The normalized spacial score (nSPS) is 16.8. The quantitative estimate of drug-likeness (QED) is 0.682. The van der Waals surface area contributed by atoms with E-state index in [1.807, 2.05) is 0 Å². The Labute approximate surface area is 98.2 Å². The molecule has 0 bridgehead atoms. The lowest BCUT2D eigenvalue weighted by Crippen LogP contribution is -2.22. The largest absolute Gasteiger partial charge is 0.366 e. The van der Waals surface area contributed by atoms with E-state index in [1.54, 1.807) is 0 Å². The highest BCUT2D eigenvalue weighted by atomic mass is 16.5. The van der Waals surface area contributed by atoms with Crippen LogP contribution in [0.3, 0.4) is 0 Å². The Bertz CT molecular complexity index is 280. The molecule has 88 valence electrons. The Morgan fingerprint density at radius 3 is 2.56 bits per heavy atom. The van der Waals surface area contributed by atoms with Gasteiger partial charge in [0.05, 0.1) is 6.73 Å². The van der Waals surface area contributed by atoms with E-state index in [9.17, 15) is 0 Å². The van der Waals surface area contributed by atoms with Crippen molar-refractivity contribution in [3.8, 4) is 0 Å². The molecule has 0 atom stereocenters. The molecule has 0 aromatic heterocycles. The zero-order valence-electron chi connectivity index (χ0n) is 9.90. The summed E-state index contributed by atoms with van der Waals surface area (Å²) < 4.78 is 5.67. The van der Waals surface area contributed by atoms with Gasteiger partial charge in [-0.15, -0.1) is 0 Å². The monoisotopic (exact) mass is 219 g/mol. The van der Waals surface area contributed by atoms with Crippen LogP contribution in [-0.4, -0.2) is 31.3 Å². The lowest BCUT2D eigenvalue weighted by molar-refractivity contribution is 0.0407. The zero-order valence-corrected chi connectivity index (χ0v) is 9.90. The topological polar surface area (TPSA) is 12.5 Å². The minimum atomic E-state index is 0.828. The van der Waals surface area contributed by atoms with Gasteiger partial charge in [-0.05, 0) is 31.2 Å². The number of likely N-dealkylation sites (tertiary alicyclic amines) is 1. The maximum absolute atomic E-state index is 5.67. The number of hydrogen-bond acceptors (Lipinski definition) is 2. The van der Waals surface area contributed by atoms with E-state index < -0.39 is 0 Å². The van der Waals surface area contributed by atoms with Crippen molar-refractivity contribution in [1.82, 2.24) is 4.90 Å². The average Bonchev–Trinajstić information content (AvgIpc) is 2.83. The van der Waals surface area contributed by atoms with Crippen LogP contribution in [0.4, 0.5) is 0 Å². The Balaban J connectivity index is 1.52. The van der Waals surface area contributed by atoms with E-state index in [2.05, 4.69) is 35.2 Å². The fraction of sp³-hybridized carbons (Fsp3) is 0.571. The Hall–Kier alpha value is -0.860. The molecule has 0 saturated carbocycles. The zero-order chi connectivity index (χ0) is 11.1. The summed E-state index contributed by atoms with van der Waals surface area (Å²) in [4.78, 5) is 2.39. The van der Waals surface area contributed by atoms with Crippen molar-refractivity contribution < 1.29 is 4.74 Å². The van der Waals surface area contributed by atoms with Gasteiger partial charge in [0.25, 0.3) is 0 Å². The van der Waals surface area contributed by atoms with Crippen molar-refractivity contribution in [2.45, 2.75) is 25.7 Å². The summed E-state index contributed by atoms with van der Waals surface area (Å²) in [5.41, 5.74) is 1.41. The number of aryl methyl sites for hydroxylation is 1. The molecule has 2 nitrogen and oxygen atoms in total. The van der Waals surface area contributed by atoms with Crippen molar-refractivity contribution in [3.63, 3.8) is 0 Å². The van der Waals surface area contributed by atoms with E-state index in [0.717, 1.165) is 26.2 Å². The van der Waals surface area contributed by atoms with Crippen molar-refractivity contribution in [3.05, 3.63) is 35.9 Å². The van der Waals surface area contributed by atoms with Crippen LogP contribution in [0.15, 0.2) is 30.3 Å². The van der Waals surface area contributed by atoms with Crippen LogP contribution in [0.5, 0.6) is 0 Å². The fourth-order valence-corrected chi connectivity index (χ4v) is 2.13. The van der Waals surface area contributed by atoms with Crippen LogP contribution in [-0.2, 0) is 11.2 Å². The van der Waals surface area contributed by atoms with Gasteiger partial charge in [0, 0.05) is 19.7 Å². The predicted molar refractivity (Wildman–Crippen MR) is 66.4 cm³/mol. The molecule has 1 fully saturated rings. The lowest BCUT2D eigenvalue weighted by Gasteiger charge is -2.14. The Morgan fingerprint density at radius 2 is 1.81 bits per heavy atom. The summed E-state index contributed by atoms with van der Waals surface area (Å²) in [5, 5.41) is 0. The molecule has 0 spiro atoms. The first kappa shape index (κ1) is 11.6. The highest BCUT2D eigenvalue weighted by Crippen LogP contribution is 2.07. The van der Waals surface area contributed by atoms with E-state index in [1.165, 1.54) is 31.5 Å². The molecule has 1 aromatic carbocycles. The number of hydrogen-bond donors (Lipinski definition) is 0. The van der Waals surface area contributed by atoms with Gasteiger partial charge in [-0.25, -0.2) is 0 Å². The van der Waals surface area contributed by atoms with Crippen LogP contribution >= 0.6 is 0 Å². The Morgan fingerprint density at radius 1 is 1.06 bits per heavy atom. The van der Waals surface area contributed by atoms with Crippen LogP contribution in [0.25, 0.3) is 0 Å². The smallest absolute Gasteiger partial charge is 0.0990 e. The number of ether oxygens (including phenoxy) is 1. The molecule has 2 rings (SSSR count). The molecule has 0 aliphatic carbocycles. The standard InChI is InChI=1S/C14H21NO/c1-2-7-14(8-3-1)9-6-12-16-13-15-10-4-5-11-15/h1-3,7-8H,4-6,9-13H2. The van der Waals surface area contributed by atoms with Crippen molar-refractivity contribution >= 4 is 0 Å². The molecule has 0 amide bonds. The summed E-state index contributed by atoms with van der Waals surface area (Å²) in [6, 6.07) is 10.6. The molecule has 1 aliphatic rings. The summed E-state index contributed by atoms with van der Waals surface area (Å²) in [5.74, 6) is 0. The van der Waals surface area contributed by atoms with Gasteiger partial charge in [-0.2, -0.15) is 0 Å². The minimum Gasteiger partial charge on any atom is -0.366 e. The molecule has 0 radical (unpaired) electrons. The highest BCUT2D eigenvalue weighted by molar-refractivity contribution is 5.14. The number of nitrogens with zero attached hydrogens (tertiary/aromatic N) is 1. The highest BCUT2D eigenvalue weighted by Gasteiger charge is 2.10. The maximum Gasteiger partial charge on any atom is 0.0990 e. The van der Waals surface area contributed by atoms with Gasteiger partial charge in [-0.1, -0.05) is 30.3 Å². The van der Waals surface area contributed by atoms with Gasteiger partial charge in [0.15, 0.2) is 0 Å². The van der Waals surface area contributed by atoms with E-state index in [-0.39, 0.29) is 0 Å². The molecule has 1 aromatic rings. The predicted octanol–water partition coefficient (Wildman–Crippen LogP) is 2.69. The summed E-state index contributed by atoms with van der Waals surface area (Å²) >= 11 is 0. The second kappa shape index (κ2) is 6.66. The number of rotatable bonds is 6. The second-order valence-electron chi connectivity index (χ2n) is 4.45. The SMILES string of the molecule is c1ccc(CCCOCN2CCCC2)cc1. The molecule has 0 N–H and O–H groups in total. The van der Waals surface area contributed by atoms with Gasteiger partial charge in [0.1, 0.15) is 0 Å². The fourth-order valence-electron chi connectivity index (χ4n) is 2.13. The lowest BCUT2D eigenvalue weighted by atomic mass is 10.1. The first-order chi connectivity index (χ1) is 7.95. The molecule has 16 heavy (non-hydrogen) atoms. The molecule has 0 unspecified atom stereocenters. The van der Waals surface area contributed by atoms with Crippen LogP contribution < -0.4 is 0 Å². The number of benzene rings is 1. The van der Waals surface area contributed by atoms with Crippen LogP contribution in [0.1, 0.15) is 24.8 Å². The second-order valence-corrected chi connectivity index (χ2v) is 4.45. The van der Waals surface area contributed by atoms with Crippen molar-refractivity contribution in [2.24, 2.45) is 0 Å². The molecule has 1 saturated heterocycles. The molecular formula is C14H21NO. The van der Waals surface area contributed by atoms with E-state index >= 15 is 0 Å². The van der Waals surface area contributed by atoms with E-state index in [0.29, 0.717) is 0 Å². The molecule has 1 aliphatic heterocycles.